The number of nitrogens with zero attached hydrogens (tertiary/aromatic N) is 7. The molecular weight excluding hydrogens is 436 g/mol. The number of ether oxygens (including phenoxy) is 2. The van der Waals surface area contributed by atoms with E-state index in [1.165, 1.54) is 6.33 Å². The third kappa shape index (κ3) is 4.71. The topological polar surface area (TPSA) is 120 Å². The summed E-state index contributed by atoms with van der Waals surface area (Å²) in [4.78, 5) is 37.7. The van der Waals surface area contributed by atoms with Gasteiger partial charge in [-0.3, -0.25) is 4.79 Å². The van der Waals surface area contributed by atoms with E-state index >= 15 is 0 Å². The largest absolute Gasteiger partial charge is 0.379 e. The van der Waals surface area contributed by atoms with Gasteiger partial charge in [0.1, 0.15) is 24.0 Å². The second-order valence-corrected chi connectivity index (χ2v) is 8.66. The standard InChI is InChI=1S/C23H32N8O3/c1-7-31-21(17-8-24-16(5)25-9-17)29-19-20(26-12-27-22(19)31)28-18(15(4)33-6)23(32)30-10-13(2)34-14(3)11-30/h8-9,12-15,18H,7,10-11H2,1-6H3,(H,26,27,28)/t13-,14+,15-,18+/m0/s1. The highest BCUT2D eigenvalue weighted by molar-refractivity contribution is 5.91. The van der Waals surface area contributed by atoms with Gasteiger partial charge in [-0.25, -0.2) is 24.9 Å². The fourth-order valence-electron chi connectivity index (χ4n) is 4.29. The minimum absolute atomic E-state index is 0.0310. The van der Waals surface area contributed by atoms with Gasteiger partial charge < -0.3 is 24.3 Å². The summed E-state index contributed by atoms with van der Waals surface area (Å²) < 4.78 is 13.3. The number of methoxy groups -OCH3 is 1. The first-order chi connectivity index (χ1) is 16.3. The Morgan fingerprint density at radius 3 is 2.50 bits per heavy atom. The van der Waals surface area contributed by atoms with Crippen molar-refractivity contribution in [1.29, 1.82) is 0 Å². The Bertz CT molecular complexity index is 1140. The normalized spacial score (nSPS) is 20.4. The molecule has 1 N–H and O–H groups in total. The van der Waals surface area contributed by atoms with Crippen molar-refractivity contribution in [3.8, 4) is 11.4 Å². The summed E-state index contributed by atoms with van der Waals surface area (Å²) in [6.07, 6.45) is 4.51. The highest BCUT2D eigenvalue weighted by atomic mass is 16.5. The number of imidazole rings is 1. The molecule has 182 valence electrons. The van der Waals surface area contributed by atoms with Crippen LogP contribution in [-0.4, -0.2) is 84.8 Å². The van der Waals surface area contributed by atoms with Crippen LogP contribution in [0.2, 0.25) is 0 Å². The Labute approximate surface area is 198 Å². The van der Waals surface area contributed by atoms with Gasteiger partial charge in [0, 0.05) is 39.1 Å². The number of carbonyl (C=O) groups excluding carboxylic acids is 1. The van der Waals surface area contributed by atoms with Gasteiger partial charge in [0.05, 0.1) is 23.9 Å². The lowest BCUT2D eigenvalue weighted by molar-refractivity contribution is -0.146. The van der Waals surface area contributed by atoms with Crippen LogP contribution in [0.1, 0.15) is 33.5 Å². The molecule has 4 heterocycles. The van der Waals surface area contributed by atoms with Gasteiger partial charge in [0.25, 0.3) is 0 Å². The molecule has 0 bridgehead atoms. The first-order valence-corrected chi connectivity index (χ1v) is 11.6. The number of rotatable bonds is 7. The van der Waals surface area contributed by atoms with E-state index in [1.807, 2.05) is 44.1 Å². The van der Waals surface area contributed by atoms with Crippen molar-refractivity contribution in [3.63, 3.8) is 0 Å². The van der Waals surface area contributed by atoms with Gasteiger partial charge in [-0.2, -0.15) is 0 Å². The number of amides is 1. The van der Waals surface area contributed by atoms with Crippen LogP contribution >= 0.6 is 0 Å². The molecule has 11 heteroatoms. The van der Waals surface area contributed by atoms with Crippen LogP contribution in [0.4, 0.5) is 5.82 Å². The molecule has 4 atom stereocenters. The Kier molecular flexibility index (Phi) is 7.03. The minimum Gasteiger partial charge on any atom is -0.379 e. The summed E-state index contributed by atoms with van der Waals surface area (Å²) in [5, 5.41) is 3.31. The summed E-state index contributed by atoms with van der Waals surface area (Å²) in [5.41, 5.74) is 2.02. The first-order valence-electron chi connectivity index (χ1n) is 11.6. The first kappa shape index (κ1) is 24.0. The van der Waals surface area contributed by atoms with Gasteiger partial charge in [0.2, 0.25) is 5.91 Å². The summed E-state index contributed by atoms with van der Waals surface area (Å²) in [5.74, 6) is 1.79. The highest BCUT2D eigenvalue weighted by Crippen LogP contribution is 2.27. The fourth-order valence-corrected chi connectivity index (χ4v) is 4.29. The van der Waals surface area contributed by atoms with Crippen LogP contribution in [0.5, 0.6) is 0 Å². The number of nitrogens with one attached hydrogen (secondary N) is 1. The van der Waals surface area contributed by atoms with E-state index in [0.29, 0.717) is 48.3 Å². The van der Waals surface area contributed by atoms with Gasteiger partial charge in [0.15, 0.2) is 17.0 Å². The molecule has 0 radical (unpaired) electrons. The number of carbonyl (C=O) groups is 1. The molecule has 0 aromatic carbocycles. The molecule has 0 unspecified atom stereocenters. The van der Waals surface area contributed by atoms with Gasteiger partial charge in [-0.15, -0.1) is 0 Å². The van der Waals surface area contributed by atoms with Crippen LogP contribution in [-0.2, 0) is 20.8 Å². The summed E-state index contributed by atoms with van der Waals surface area (Å²) in [6.45, 7) is 11.4. The number of aromatic nitrogens is 6. The molecule has 1 aliphatic heterocycles. The zero-order valence-corrected chi connectivity index (χ0v) is 20.5. The zero-order valence-electron chi connectivity index (χ0n) is 20.5. The predicted molar refractivity (Wildman–Crippen MR) is 127 cm³/mol. The lowest BCUT2D eigenvalue weighted by atomic mass is 10.1. The van der Waals surface area contributed by atoms with Gasteiger partial charge in [-0.1, -0.05) is 0 Å². The van der Waals surface area contributed by atoms with E-state index in [2.05, 4.69) is 25.3 Å². The van der Waals surface area contributed by atoms with Gasteiger partial charge >= 0.3 is 0 Å². The average Bonchev–Trinajstić information content (AvgIpc) is 3.21. The van der Waals surface area contributed by atoms with Gasteiger partial charge in [-0.05, 0) is 34.6 Å². The predicted octanol–water partition coefficient (Wildman–Crippen LogP) is 2.06. The molecule has 34 heavy (non-hydrogen) atoms. The average molecular weight is 469 g/mol. The highest BCUT2D eigenvalue weighted by Gasteiger charge is 2.34. The van der Waals surface area contributed by atoms with E-state index in [1.54, 1.807) is 19.5 Å². The second-order valence-electron chi connectivity index (χ2n) is 8.66. The molecule has 0 aliphatic carbocycles. The van der Waals surface area contributed by atoms with E-state index in [-0.39, 0.29) is 18.1 Å². The third-order valence-electron chi connectivity index (χ3n) is 6.02. The molecule has 1 aliphatic rings. The molecule has 3 aromatic heterocycles. The van der Waals surface area contributed by atoms with E-state index in [0.717, 1.165) is 5.56 Å². The Morgan fingerprint density at radius 2 is 1.88 bits per heavy atom. The van der Waals surface area contributed by atoms with Crippen molar-refractivity contribution in [2.75, 3.05) is 25.5 Å². The van der Waals surface area contributed by atoms with Crippen LogP contribution in [0.25, 0.3) is 22.6 Å². The number of aryl methyl sites for hydroxylation is 2. The second kappa shape index (κ2) is 9.98. The van der Waals surface area contributed by atoms with Crippen LogP contribution in [0.3, 0.4) is 0 Å². The van der Waals surface area contributed by atoms with Crippen LogP contribution in [0, 0.1) is 6.92 Å². The Morgan fingerprint density at radius 1 is 1.21 bits per heavy atom. The van der Waals surface area contributed by atoms with Crippen molar-refractivity contribution in [3.05, 3.63) is 24.5 Å². The van der Waals surface area contributed by atoms with E-state index < -0.39 is 12.1 Å². The minimum atomic E-state index is -0.654. The Hall–Kier alpha value is -3.18. The quantitative estimate of drug-likeness (QED) is 0.555. The molecular formula is C23H32N8O3. The van der Waals surface area contributed by atoms with Crippen molar-refractivity contribution in [2.24, 2.45) is 0 Å². The SMILES string of the molecule is CCn1c(-c2cnc(C)nc2)nc2c(N[C@@H](C(=O)N3C[C@@H](C)O[C@@H](C)C3)[C@H](C)OC)ncnc21. The molecule has 0 spiro atoms. The lowest BCUT2D eigenvalue weighted by Gasteiger charge is -2.38. The fraction of sp³-hybridized carbons (Fsp3) is 0.565. The molecule has 11 nitrogen and oxygen atoms in total. The van der Waals surface area contributed by atoms with Crippen molar-refractivity contribution >= 4 is 22.9 Å². The van der Waals surface area contributed by atoms with Crippen LogP contribution in [0.15, 0.2) is 18.7 Å². The van der Waals surface area contributed by atoms with E-state index in [4.69, 9.17) is 14.5 Å². The smallest absolute Gasteiger partial charge is 0.247 e. The third-order valence-corrected chi connectivity index (χ3v) is 6.02. The molecule has 1 amide bonds. The maximum absolute atomic E-state index is 13.6. The lowest BCUT2D eigenvalue weighted by Crippen LogP contribution is -2.55. The number of hydrogen-bond acceptors (Lipinski definition) is 9. The number of morpholine rings is 1. The van der Waals surface area contributed by atoms with Crippen molar-refractivity contribution in [2.45, 2.75) is 65.5 Å². The van der Waals surface area contributed by atoms with Crippen molar-refractivity contribution in [1.82, 2.24) is 34.4 Å². The summed E-state index contributed by atoms with van der Waals surface area (Å²) in [7, 11) is 1.59. The number of anilines is 1. The maximum atomic E-state index is 13.6. The molecule has 3 aromatic rings. The zero-order chi connectivity index (χ0) is 24.4. The molecule has 1 saturated heterocycles. The van der Waals surface area contributed by atoms with Crippen LogP contribution < -0.4 is 5.32 Å². The van der Waals surface area contributed by atoms with E-state index in [9.17, 15) is 4.79 Å². The molecule has 1 fully saturated rings. The number of fused-ring (bicyclic) bond motifs is 1. The molecule has 4 rings (SSSR count). The van der Waals surface area contributed by atoms with Crippen molar-refractivity contribution < 1.29 is 14.3 Å². The maximum Gasteiger partial charge on any atom is 0.247 e. The Balaban J connectivity index is 1.71. The monoisotopic (exact) mass is 468 g/mol. The molecule has 0 saturated carbocycles. The number of hydrogen-bond donors (Lipinski definition) is 1. The summed E-state index contributed by atoms with van der Waals surface area (Å²) >= 11 is 0. The summed E-state index contributed by atoms with van der Waals surface area (Å²) in [6, 6.07) is -0.654.